The number of aliphatic hydroxyl groups excluding tert-OH is 1. The molecule has 3 N–H and O–H groups in total. The summed E-state index contributed by atoms with van der Waals surface area (Å²) in [5, 5.41) is 33.4. The lowest BCUT2D eigenvalue weighted by molar-refractivity contribution is 0.0621. The fraction of sp³-hybridized carbons (Fsp3) is 0.381. The van der Waals surface area contributed by atoms with Gasteiger partial charge >= 0.3 is 0 Å². The molecule has 0 saturated carbocycles. The van der Waals surface area contributed by atoms with Crippen LogP contribution in [0.3, 0.4) is 0 Å². The lowest BCUT2D eigenvalue weighted by atomic mass is 9.83. The monoisotopic (exact) mass is 357 g/mol. The maximum absolute atomic E-state index is 9.96. The first-order valence-electron chi connectivity index (χ1n) is 8.77. The molecule has 0 aliphatic heterocycles. The van der Waals surface area contributed by atoms with E-state index in [9.17, 15) is 15.3 Å². The number of benzene rings is 2. The average Bonchev–Trinajstić information content (AvgIpc) is 2.59. The molecule has 5 nitrogen and oxygen atoms in total. The van der Waals surface area contributed by atoms with Crippen LogP contribution in [0.1, 0.15) is 25.0 Å². The third-order valence-electron chi connectivity index (χ3n) is 4.25. The van der Waals surface area contributed by atoms with Crippen LogP contribution in [0.4, 0.5) is 0 Å². The third kappa shape index (κ3) is 6.41. The molecule has 2 atom stereocenters. The van der Waals surface area contributed by atoms with Crippen LogP contribution in [0, 0.1) is 11.8 Å². The number of phenolic OH excluding ortho intramolecular Hbond substituents is 2. The lowest BCUT2D eigenvalue weighted by Crippen LogP contribution is -2.27. The van der Waals surface area contributed by atoms with Gasteiger partial charge in [0.15, 0.2) is 0 Å². The van der Waals surface area contributed by atoms with Gasteiger partial charge in [-0.25, -0.2) is 0 Å². The Hall–Kier alpha value is -2.53. The highest BCUT2D eigenvalue weighted by atomic mass is 16.6. The largest absolute Gasteiger partial charge is 0.508 e. The van der Waals surface area contributed by atoms with Crippen LogP contribution < -0.4 is 0 Å². The summed E-state index contributed by atoms with van der Waals surface area (Å²) in [5.74, 6) is 0.378. The van der Waals surface area contributed by atoms with Crippen LogP contribution in [-0.4, -0.2) is 34.2 Å². The third-order valence-corrected chi connectivity index (χ3v) is 4.25. The molecule has 0 aromatic heterocycles. The Labute approximate surface area is 154 Å². The van der Waals surface area contributed by atoms with E-state index in [0.717, 1.165) is 16.8 Å². The maximum Gasteiger partial charge on any atom is 0.120 e. The lowest BCUT2D eigenvalue weighted by Gasteiger charge is -2.25. The molecule has 2 rings (SSSR count). The van der Waals surface area contributed by atoms with Crippen LogP contribution >= 0.6 is 0 Å². The minimum Gasteiger partial charge on any atom is -0.508 e. The zero-order valence-electron chi connectivity index (χ0n) is 15.3. The van der Waals surface area contributed by atoms with E-state index in [0.29, 0.717) is 19.4 Å². The second kappa shape index (κ2) is 9.82. The van der Waals surface area contributed by atoms with Crippen molar-refractivity contribution >= 4 is 5.71 Å². The molecule has 0 fully saturated rings. The van der Waals surface area contributed by atoms with Crippen LogP contribution in [0.5, 0.6) is 11.5 Å². The molecule has 5 heteroatoms. The Bertz CT molecular complexity index is 725. The van der Waals surface area contributed by atoms with E-state index >= 15 is 0 Å². The zero-order valence-corrected chi connectivity index (χ0v) is 15.3. The predicted molar refractivity (Wildman–Crippen MR) is 102 cm³/mol. The normalized spacial score (nSPS) is 13.0. The second-order valence-electron chi connectivity index (χ2n) is 6.79. The summed E-state index contributed by atoms with van der Waals surface area (Å²) < 4.78 is 0. The molecular formula is C21H27NO4. The Kier molecular flexibility index (Phi) is 7.48. The van der Waals surface area contributed by atoms with Crippen LogP contribution in [0.2, 0.25) is 0 Å². The van der Waals surface area contributed by atoms with E-state index in [1.165, 1.54) is 0 Å². The van der Waals surface area contributed by atoms with Gasteiger partial charge in [-0.15, -0.1) is 0 Å². The van der Waals surface area contributed by atoms with Gasteiger partial charge in [-0.3, -0.25) is 0 Å². The second-order valence-corrected chi connectivity index (χ2v) is 6.79. The van der Waals surface area contributed by atoms with Crippen molar-refractivity contribution in [1.29, 1.82) is 0 Å². The van der Waals surface area contributed by atoms with Gasteiger partial charge in [0.25, 0.3) is 0 Å². The molecule has 0 aliphatic carbocycles. The Morgan fingerprint density at radius 1 is 0.923 bits per heavy atom. The van der Waals surface area contributed by atoms with E-state index in [4.69, 9.17) is 4.84 Å². The number of nitrogens with zero attached hydrogens (tertiary/aromatic N) is 1. The highest BCUT2D eigenvalue weighted by Gasteiger charge is 2.23. The molecule has 2 aromatic rings. The molecule has 140 valence electrons. The Morgan fingerprint density at radius 2 is 1.46 bits per heavy atom. The minimum absolute atomic E-state index is 0.00266. The fourth-order valence-corrected chi connectivity index (χ4v) is 2.98. The van der Waals surface area contributed by atoms with Gasteiger partial charge in [-0.2, -0.15) is 0 Å². The van der Waals surface area contributed by atoms with Gasteiger partial charge in [0.2, 0.25) is 0 Å². The number of rotatable bonds is 9. The van der Waals surface area contributed by atoms with Gasteiger partial charge in [0.1, 0.15) is 18.1 Å². The van der Waals surface area contributed by atoms with Crippen LogP contribution in [0.25, 0.3) is 0 Å². The first kappa shape index (κ1) is 19.8. The van der Waals surface area contributed by atoms with Gasteiger partial charge in [-0.05, 0) is 68.0 Å². The van der Waals surface area contributed by atoms with Crippen molar-refractivity contribution in [2.45, 2.75) is 26.7 Å². The van der Waals surface area contributed by atoms with E-state index in [2.05, 4.69) is 5.16 Å². The molecule has 0 radical (unpaired) electrons. The molecule has 0 unspecified atom stereocenters. The van der Waals surface area contributed by atoms with Crippen LogP contribution in [-0.2, 0) is 17.7 Å². The fourth-order valence-electron chi connectivity index (χ4n) is 2.98. The summed E-state index contributed by atoms with van der Waals surface area (Å²) >= 11 is 0. The zero-order chi connectivity index (χ0) is 18.9. The first-order chi connectivity index (χ1) is 12.5. The highest BCUT2D eigenvalue weighted by Crippen LogP contribution is 2.25. The Morgan fingerprint density at radius 3 is 1.92 bits per heavy atom. The molecule has 0 aliphatic rings. The van der Waals surface area contributed by atoms with Crippen molar-refractivity contribution in [3.05, 3.63) is 59.7 Å². The standard InChI is InChI=1S/C21H27NO4/c1-15(2)22-26-14-19(10-17-6-4-8-21(25)12-17)18(13-23)9-16-5-3-7-20(24)11-16/h3-8,11-12,18-19,23-25H,9-10,13-14H2,1-2H3/t18-,19-/m0/s1. The van der Waals surface area contributed by atoms with Crippen LogP contribution in [0.15, 0.2) is 53.7 Å². The summed E-state index contributed by atoms with van der Waals surface area (Å²) in [7, 11) is 0. The summed E-state index contributed by atoms with van der Waals surface area (Å²) in [6.07, 6.45) is 1.27. The topological polar surface area (TPSA) is 82.3 Å². The minimum atomic E-state index is -0.0634. The van der Waals surface area contributed by atoms with Crippen molar-refractivity contribution in [1.82, 2.24) is 0 Å². The summed E-state index contributed by atoms with van der Waals surface area (Å²) in [5.41, 5.74) is 2.76. The average molecular weight is 357 g/mol. The summed E-state index contributed by atoms with van der Waals surface area (Å²) in [6, 6.07) is 14.2. The SMILES string of the molecule is CC(C)=NOC[C@H](Cc1cccc(O)c1)[C@H](CO)Cc1cccc(O)c1. The van der Waals surface area contributed by atoms with E-state index < -0.39 is 0 Å². The van der Waals surface area contributed by atoms with Gasteiger partial charge in [0, 0.05) is 12.5 Å². The van der Waals surface area contributed by atoms with Crippen molar-refractivity contribution in [3.63, 3.8) is 0 Å². The molecule has 0 bridgehead atoms. The molecule has 2 aromatic carbocycles. The summed E-state index contributed by atoms with van der Waals surface area (Å²) in [4.78, 5) is 5.47. The molecule has 0 heterocycles. The van der Waals surface area contributed by atoms with Crippen molar-refractivity contribution in [3.8, 4) is 11.5 Å². The first-order valence-corrected chi connectivity index (χ1v) is 8.77. The number of hydrogen-bond acceptors (Lipinski definition) is 5. The molecule has 0 saturated heterocycles. The summed E-state index contributed by atoms with van der Waals surface area (Å²) in [6.45, 7) is 4.09. The van der Waals surface area contributed by atoms with Crippen molar-refractivity contribution < 1.29 is 20.2 Å². The van der Waals surface area contributed by atoms with Gasteiger partial charge < -0.3 is 20.2 Å². The van der Waals surface area contributed by atoms with Gasteiger partial charge in [-0.1, -0.05) is 29.4 Å². The molecular weight excluding hydrogens is 330 g/mol. The van der Waals surface area contributed by atoms with E-state index in [1.807, 2.05) is 26.0 Å². The Balaban J connectivity index is 2.16. The van der Waals surface area contributed by atoms with E-state index in [-0.39, 0.29) is 29.9 Å². The molecule has 26 heavy (non-hydrogen) atoms. The number of oxime groups is 1. The predicted octanol–water partition coefficient (Wildman–Crippen LogP) is 3.52. The molecule has 0 amide bonds. The highest BCUT2D eigenvalue weighted by molar-refractivity contribution is 5.78. The number of aromatic hydroxyl groups is 2. The quantitative estimate of drug-likeness (QED) is 0.474. The number of hydrogen-bond donors (Lipinski definition) is 3. The smallest absolute Gasteiger partial charge is 0.120 e. The van der Waals surface area contributed by atoms with E-state index in [1.54, 1.807) is 36.4 Å². The van der Waals surface area contributed by atoms with Crippen molar-refractivity contribution in [2.75, 3.05) is 13.2 Å². The molecule has 0 spiro atoms. The number of phenols is 2. The number of aliphatic hydroxyl groups is 1. The maximum atomic E-state index is 9.96. The van der Waals surface area contributed by atoms with Gasteiger partial charge in [0.05, 0.1) is 5.71 Å². The van der Waals surface area contributed by atoms with Crippen molar-refractivity contribution in [2.24, 2.45) is 17.0 Å².